The van der Waals surface area contributed by atoms with Crippen molar-refractivity contribution in [1.29, 1.82) is 5.26 Å². The summed E-state index contributed by atoms with van der Waals surface area (Å²) in [5.41, 5.74) is 1.48. The zero-order valence-electron chi connectivity index (χ0n) is 12.0. The molecule has 0 fully saturated rings. The highest BCUT2D eigenvalue weighted by atomic mass is 16.1. The summed E-state index contributed by atoms with van der Waals surface area (Å²) in [6.07, 6.45) is 3.20. The van der Waals surface area contributed by atoms with Gasteiger partial charge in [0.25, 0.3) is 0 Å². The maximum absolute atomic E-state index is 12.1. The van der Waals surface area contributed by atoms with Gasteiger partial charge in [-0.05, 0) is 37.0 Å². The standard InChI is InChI=1S/C16H22N2O/c1-4-16(5-2,6-3)18-15(19)11-13-7-9-14(12-17)10-8-13/h7-10H,4-6,11H2,1-3H3,(H,18,19). The Morgan fingerprint density at radius 3 is 2.11 bits per heavy atom. The first-order chi connectivity index (χ1) is 9.09. The third kappa shape index (κ3) is 4.10. The molecule has 0 aliphatic carbocycles. The summed E-state index contributed by atoms with van der Waals surface area (Å²) in [5, 5.41) is 11.9. The molecular formula is C16H22N2O. The Hall–Kier alpha value is -1.82. The molecule has 0 aliphatic heterocycles. The van der Waals surface area contributed by atoms with Crippen LogP contribution in [0.3, 0.4) is 0 Å². The second-order valence-corrected chi connectivity index (χ2v) is 4.87. The van der Waals surface area contributed by atoms with Gasteiger partial charge in [-0.3, -0.25) is 4.79 Å². The van der Waals surface area contributed by atoms with Gasteiger partial charge in [0.15, 0.2) is 0 Å². The Balaban J connectivity index is 2.66. The van der Waals surface area contributed by atoms with E-state index in [0.29, 0.717) is 12.0 Å². The van der Waals surface area contributed by atoms with Crippen LogP contribution < -0.4 is 5.32 Å². The predicted octanol–water partition coefficient (Wildman–Crippen LogP) is 3.19. The smallest absolute Gasteiger partial charge is 0.224 e. The molecule has 19 heavy (non-hydrogen) atoms. The number of nitrogens with one attached hydrogen (secondary N) is 1. The van der Waals surface area contributed by atoms with Gasteiger partial charge in [0.05, 0.1) is 18.1 Å². The van der Waals surface area contributed by atoms with E-state index < -0.39 is 0 Å². The van der Waals surface area contributed by atoms with E-state index in [1.54, 1.807) is 12.1 Å². The molecule has 0 unspecified atom stereocenters. The third-order valence-corrected chi connectivity index (χ3v) is 3.88. The lowest BCUT2D eigenvalue weighted by atomic mass is 9.89. The molecule has 0 heterocycles. The number of nitriles is 1. The fraction of sp³-hybridized carbons (Fsp3) is 0.500. The minimum absolute atomic E-state index is 0.0512. The van der Waals surface area contributed by atoms with E-state index in [0.717, 1.165) is 24.8 Å². The highest BCUT2D eigenvalue weighted by molar-refractivity contribution is 5.79. The van der Waals surface area contributed by atoms with Crippen LogP contribution in [0.15, 0.2) is 24.3 Å². The van der Waals surface area contributed by atoms with E-state index >= 15 is 0 Å². The third-order valence-electron chi connectivity index (χ3n) is 3.88. The number of hydrogen-bond donors (Lipinski definition) is 1. The van der Waals surface area contributed by atoms with Crippen LogP contribution in [0.4, 0.5) is 0 Å². The van der Waals surface area contributed by atoms with Gasteiger partial charge in [-0.25, -0.2) is 0 Å². The predicted molar refractivity (Wildman–Crippen MR) is 76.6 cm³/mol. The first-order valence-electron chi connectivity index (χ1n) is 6.89. The molecule has 0 aliphatic rings. The molecule has 1 aromatic carbocycles. The summed E-state index contributed by atoms with van der Waals surface area (Å²) in [5.74, 6) is 0.0512. The van der Waals surface area contributed by atoms with Gasteiger partial charge in [-0.15, -0.1) is 0 Å². The van der Waals surface area contributed by atoms with Gasteiger partial charge in [-0.2, -0.15) is 5.26 Å². The number of amides is 1. The molecule has 0 radical (unpaired) electrons. The lowest BCUT2D eigenvalue weighted by Crippen LogP contribution is -2.47. The molecule has 0 saturated heterocycles. The maximum Gasteiger partial charge on any atom is 0.224 e. The average Bonchev–Trinajstić information content (AvgIpc) is 2.46. The molecule has 1 aromatic rings. The van der Waals surface area contributed by atoms with E-state index in [2.05, 4.69) is 32.2 Å². The van der Waals surface area contributed by atoms with E-state index in [-0.39, 0.29) is 11.4 Å². The molecule has 1 rings (SSSR count). The molecule has 1 amide bonds. The van der Waals surface area contributed by atoms with Gasteiger partial charge in [-0.1, -0.05) is 32.9 Å². The lowest BCUT2D eigenvalue weighted by Gasteiger charge is -2.31. The van der Waals surface area contributed by atoms with E-state index in [4.69, 9.17) is 5.26 Å². The van der Waals surface area contributed by atoms with Crippen LogP contribution in [0.1, 0.15) is 51.2 Å². The molecule has 3 heteroatoms. The molecule has 1 N–H and O–H groups in total. The fourth-order valence-corrected chi connectivity index (χ4v) is 2.24. The van der Waals surface area contributed by atoms with Crippen LogP contribution in [-0.4, -0.2) is 11.4 Å². The first kappa shape index (κ1) is 15.2. The number of rotatable bonds is 6. The first-order valence-corrected chi connectivity index (χ1v) is 6.89. The second-order valence-electron chi connectivity index (χ2n) is 4.87. The molecule has 0 spiro atoms. The molecular weight excluding hydrogens is 236 g/mol. The lowest BCUT2D eigenvalue weighted by molar-refractivity contribution is -0.122. The van der Waals surface area contributed by atoms with Crippen LogP contribution in [0, 0.1) is 11.3 Å². The fourth-order valence-electron chi connectivity index (χ4n) is 2.24. The van der Waals surface area contributed by atoms with Crippen molar-refractivity contribution in [2.45, 2.75) is 52.0 Å². The van der Waals surface area contributed by atoms with Crippen molar-refractivity contribution in [1.82, 2.24) is 5.32 Å². The highest BCUT2D eigenvalue weighted by Gasteiger charge is 2.25. The maximum atomic E-state index is 12.1. The Morgan fingerprint density at radius 2 is 1.68 bits per heavy atom. The van der Waals surface area contributed by atoms with Crippen LogP contribution in [-0.2, 0) is 11.2 Å². The van der Waals surface area contributed by atoms with Crippen molar-refractivity contribution in [2.24, 2.45) is 0 Å². The van der Waals surface area contributed by atoms with Crippen molar-refractivity contribution in [2.75, 3.05) is 0 Å². The number of carbonyl (C=O) groups excluding carboxylic acids is 1. The van der Waals surface area contributed by atoms with Gasteiger partial charge in [0, 0.05) is 5.54 Å². The summed E-state index contributed by atoms with van der Waals surface area (Å²) in [6.45, 7) is 6.32. The second kappa shape index (κ2) is 6.94. The molecule has 0 bridgehead atoms. The minimum Gasteiger partial charge on any atom is -0.350 e. The van der Waals surface area contributed by atoms with E-state index in [1.165, 1.54) is 0 Å². The normalized spacial score (nSPS) is 10.8. The Kier molecular flexibility index (Phi) is 5.57. The summed E-state index contributed by atoms with van der Waals surface area (Å²) in [7, 11) is 0. The molecule has 102 valence electrons. The number of carbonyl (C=O) groups is 1. The SMILES string of the molecule is CCC(CC)(CC)NC(=O)Cc1ccc(C#N)cc1. The average molecular weight is 258 g/mol. The van der Waals surface area contributed by atoms with Crippen molar-refractivity contribution in [3.63, 3.8) is 0 Å². The van der Waals surface area contributed by atoms with Crippen LogP contribution in [0.2, 0.25) is 0 Å². The van der Waals surface area contributed by atoms with Gasteiger partial charge < -0.3 is 5.32 Å². The number of nitrogens with zero attached hydrogens (tertiary/aromatic N) is 1. The van der Waals surface area contributed by atoms with Crippen LogP contribution in [0.5, 0.6) is 0 Å². The molecule has 0 aromatic heterocycles. The summed E-state index contributed by atoms with van der Waals surface area (Å²) >= 11 is 0. The minimum atomic E-state index is -0.0797. The topological polar surface area (TPSA) is 52.9 Å². The van der Waals surface area contributed by atoms with Gasteiger partial charge in [0.1, 0.15) is 0 Å². The summed E-state index contributed by atoms with van der Waals surface area (Å²) in [6, 6.07) is 9.24. The zero-order valence-corrected chi connectivity index (χ0v) is 12.0. The van der Waals surface area contributed by atoms with Gasteiger partial charge >= 0.3 is 0 Å². The Labute approximate surface area is 115 Å². The van der Waals surface area contributed by atoms with E-state index in [1.807, 2.05) is 12.1 Å². The van der Waals surface area contributed by atoms with Crippen molar-refractivity contribution in [3.05, 3.63) is 35.4 Å². The number of hydrogen-bond acceptors (Lipinski definition) is 2. The van der Waals surface area contributed by atoms with E-state index in [9.17, 15) is 4.79 Å². The summed E-state index contributed by atoms with van der Waals surface area (Å²) in [4.78, 5) is 12.1. The van der Waals surface area contributed by atoms with Gasteiger partial charge in [0.2, 0.25) is 5.91 Å². The van der Waals surface area contributed by atoms with Crippen molar-refractivity contribution >= 4 is 5.91 Å². The monoisotopic (exact) mass is 258 g/mol. The number of benzene rings is 1. The Bertz CT molecular complexity index is 444. The zero-order chi connectivity index (χ0) is 14.3. The molecule has 0 saturated carbocycles. The summed E-state index contributed by atoms with van der Waals surface area (Å²) < 4.78 is 0. The quantitative estimate of drug-likeness (QED) is 0.852. The molecule has 0 atom stereocenters. The van der Waals surface area contributed by atoms with Crippen molar-refractivity contribution < 1.29 is 4.79 Å². The van der Waals surface area contributed by atoms with Crippen LogP contribution >= 0.6 is 0 Å². The molecule has 3 nitrogen and oxygen atoms in total. The Morgan fingerprint density at radius 1 is 1.16 bits per heavy atom. The van der Waals surface area contributed by atoms with Crippen LogP contribution in [0.25, 0.3) is 0 Å². The van der Waals surface area contributed by atoms with Crippen molar-refractivity contribution in [3.8, 4) is 6.07 Å². The largest absolute Gasteiger partial charge is 0.350 e. The highest BCUT2D eigenvalue weighted by Crippen LogP contribution is 2.19.